The average molecular weight is 157 g/mol. The average Bonchev–Trinajstić information content (AvgIpc) is 1.90. The van der Waals surface area contributed by atoms with E-state index in [9.17, 15) is 0 Å². The van der Waals surface area contributed by atoms with Gasteiger partial charge in [-0.15, -0.1) is 12.4 Å². The van der Waals surface area contributed by atoms with Crippen molar-refractivity contribution in [3.8, 4) is 0 Å². The second-order valence-corrected chi connectivity index (χ2v) is 2.01. The lowest BCUT2D eigenvalue weighted by molar-refractivity contribution is 1.14. The molecule has 1 rings (SSSR count). The maximum absolute atomic E-state index is 5.43. The van der Waals surface area contributed by atoms with E-state index in [1.807, 2.05) is 18.2 Å². The van der Waals surface area contributed by atoms with Crippen LogP contribution >= 0.6 is 12.4 Å². The molecule has 0 heterocycles. The SMILES string of the molecule is CCc1c[c]c(N)cc1.Cl. The zero-order valence-electron chi connectivity index (χ0n) is 5.92. The van der Waals surface area contributed by atoms with E-state index in [0.29, 0.717) is 5.69 Å². The van der Waals surface area contributed by atoms with Crippen molar-refractivity contribution in [3.63, 3.8) is 0 Å². The van der Waals surface area contributed by atoms with Crippen LogP contribution in [0.3, 0.4) is 0 Å². The third-order valence-corrected chi connectivity index (χ3v) is 1.31. The summed E-state index contributed by atoms with van der Waals surface area (Å²) in [4.78, 5) is 0. The van der Waals surface area contributed by atoms with Crippen molar-refractivity contribution in [2.45, 2.75) is 13.3 Å². The number of hydrogen-bond donors (Lipinski definition) is 1. The smallest absolute Gasteiger partial charge is 0.0394 e. The van der Waals surface area contributed by atoms with E-state index in [1.54, 1.807) is 0 Å². The third-order valence-electron chi connectivity index (χ3n) is 1.31. The van der Waals surface area contributed by atoms with Crippen LogP contribution in [0.15, 0.2) is 18.2 Å². The van der Waals surface area contributed by atoms with Crippen LogP contribution < -0.4 is 5.73 Å². The Labute approximate surface area is 67.7 Å². The molecule has 1 aromatic rings. The standard InChI is InChI=1S/C8H10N.ClH/c1-2-7-3-5-8(9)6-4-7;/h3-5H,2,9H2,1H3;1H. The molecule has 0 aromatic heterocycles. The first kappa shape index (κ1) is 9.31. The van der Waals surface area contributed by atoms with Crippen molar-refractivity contribution >= 4 is 18.1 Å². The van der Waals surface area contributed by atoms with Crippen LogP contribution in [-0.4, -0.2) is 0 Å². The third kappa shape index (κ3) is 2.28. The van der Waals surface area contributed by atoms with Crippen LogP contribution in [0.25, 0.3) is 0 Å². The molecule has 0 saturated heterocycles. The summed E-state index contributed by atoms with van der Waals surface area (Å²) in [5.74, 6) is 0. The molecule has 0 atom stereocenters. The van der Waals surface area contributed by atoms with Gasteiger partial charge < -0.3 is 5.73 Å². The fourth-order valence-corrected chi connectivity index (χ4v) is 0.689. The summed E-state index contributed by atoms with van der Waals surface area (Å²) >= 11 is 0. The van der Waals surface area contributed by atoms with Crippen molar-refractivity contribution in [1.29, 1.82) is 0 Å². The van der Waals surface area contributed by atoms with Crippen LogP contribution in [-0.2, 0) is 6.42 Å². The molecular formula is C8H11ClN. The molecule has 0 saturated carbocycles. The molecule has 1 aromatic carbocycles. The van der Waals surface area contributed by atoms with E-state index in [1.165, 1.54) is 5.56 Å². The quantitative estimate of drug-likeness (QED) is 0.619. The molecule has 0 bridgehead atoms. The summed E-state index contributed by atoms with van der Waals surface area (Å²) in [6, 6.07) is 8.75. The predicted molar refractivity (Wildman–Crippen MR) is 46.3 cm³/mol. The first-order valence-electron chi connectivity index (χ1n) is 3.09. The Morgan fingerprint density at radius 2 is 2.20 bits per heavy atom. The van der Waals surface area contributed by atoms with Gasteiger partial charge in [0.2, 0.25) is 0 Å². The Hall–Kier alpha value is -0.690. The monoisotopic (exact) mass is 156 g/mol. The lowest BCUT2D eigenvalue weighted by atomic mass is 10.2. The van der Waals surface area contributed by atoms with Gasteiger partial charge in [0.1, 0.15) is 0 Å². The van der Waals surface area contributed by atoms with E-state index in [0.717, 1.165) is 6.42 Å². The predicted octanol–water partition coefficient (Wildman–Crippen LogP) is 2.05. The molecule has 0 unspecified atom stereocenters. The molecule has 0 aliphatic carbocycles. The topological polar surface area (TPSA) is 26.0 Å². The van der Waals surface area contributed by atoms with Gasteiger partial charge in [-0.1, -0.05) is 13.0 Å². The minimum Gasteiger partial charge on any atom is -0.398 e. The summed E-state index contributed by atoms with van der Waals surface area (Å²) in [6.45, 7) is 2.11. The Bertz CT molecular complexity index is 181. The van der Waals surface area contributed by atoms with Crippen molar-refractivity contribution in [2.75, 3.05) is 5.73 Å². The minimum atomic E-state index is 0. The van der Waals surface area contributed by atoms with Crippen LogP contribution in [0, 0.1) is 6.07 Å². The second kappa shape index (κ2) is 4.18. The fourth-order valence-electron chi connectivity index (χ4n) is 0.689. The Kier molecular flexibility index (Phi) is 3.89. The molecule has 1 nitrogen and oxygen atoms in total. The van der Waals surface area contributed by atoms with Crippen molar-refractivity contribution in [1.82, 2.24) is 0 Å². The first-order chi connectivity index (χ1) is 4.33. The van der Waals surface area contributed by atoms with Gasteiger partial charge in [-0.2, -0.15) is 0 Å². The van der Waals surface area contributed by atoms with Crippen LogP contribution in [0.4, 0.5) is 5.69 Å². The molecule has 0 aliphatic heterocycles. The van der Waals surface area contributed by atoms with Gasteiger partial charge in [0, 0.05) is 11.8 Å². The highest BCUT2D eigenvalue weighted by Crippen LogP contribution is 2.03. The first-order valence-corrected chi connectivity index (χ1v) is 3.09. The van der Waals surface area contributed by atoms with Gasteiger partial charge in [-0.25, -0.2) is 0 Å². The van der Waals surface area contributed by atoms with Gasteiger partial charge in [0.05, 0.1) is 0 Å². The number of nitrogens with two attached hydrogens (primary N) is 1. The number of rotatable bonds is 1. The number of anilines is 1. The number of aryl methyl sites for hydroxylation is 1. The molecule has 10 heavy (non-hydrogen) atoms. The van der Waals surface area contributed by atoms with E-state index in [2.05, 4.69) is 13.0 Å². The molecule has 1 radical (unpaired) electrons. The van der Waals surface area contributed by atoms with Crippen LogP contribution in [0.1, 0.15) is 12.5 Å². The summed E-state index contributed by atoms with van der Waals surface area (Å²) in [7, 11) is 0. The van der Waals surface area contributed by atoms with Gasteiger partial charge >= 0.3 is 0 Å². The van der Waals surface area contributed by atoms with E-state index in [4.69, 9.17) is 5.73 Å². The number of hydrogen-bond acceptors (Lipinski definition) is 1. The van der Waals surface area contributed by atoms with Gasteiger partial charge in [0.15, 0.2) is 0 Å². The van der Waals surface area contributed by atoms with E-state index in [-0.39, 0.29) is 12.4 Å². The molecule has 0 fully saturated rings. The fraction of sp³-hybridized carbons (Fsp3) is 0.250. The Morgan fingerprint density at radius 1 is 1.50 bits per heavy atom. The number of benzene rings is 1. The summed E-state index contributed by atoms with van der Waals surface area (Å²) in [6.07, 6.45) is 1.05. The largest absolute Gasteiger partial charge is 0.398 e. The molecule has 0 amide bonds. The lowest BCUT2D eigenvalue weighted by Gasteiger charge is -1.93. The molecule has 2 heteroatoms. The lowest BCUT2D eigenvalue weighted by Crippen LogP contribution is -1.85. The number of nitrogen functional groups attached to an aromatic ring is 1. The molecule has 0 spiro atoms. The summed E-state index contributed by atoms with van der Waals surface area (Å²) in [5.41, 5.74) is 7.42. The Morgan fingerprint density at radius 3 is 2.60 bits per heavy atom. The zero-order chi connectivity index (χ0) is 6.69. The van der Waals surface area contributed by atoms with Crippen molar-refractivity contribution < 1.29 is 0 Å². The van der Waals surface area contributed by atoms with Gasteiger partial charge in [-0.3, -0.25) is 0 Å². The maximum Gasteiger partial charge on any atom is 0.0394 e. The molecular weight excluding hydrogens is 146 g/mol. The van der Waals surface area contributed by atoms with Crippen molar-refractivity contribution in [3.05, 3.63) is 29.8 Å². The normalized spacial score (nSPS) is 8.50. The highest BCUT2D eigenvalue weighted by Gasteiger charge is 1.85. The van der Waals surface area contributed by atoms with E-state index >= 15 is 0 Å². The minimum absolute atomic E-state index is 0. The second-order valence-electron chi connectivity index (χ2n) is 2.01. The van der Waals surface area contributed by atoms with Crippen molar-refractivity contribution in [2.24, 2.45) is 0 Å². The molecule has 55 valence electrons. The summed E-state index contributed by atoms with van der Waals surface area (Å²) < 4.78 is 0. The van der Waals surface area contributed by atoms with Gasteiger partial charge in [0.25, 0.3) is 0 Å². The molecule has 2 N–H and O–H groups in total. The highest BCUT2D eigenvalue weighted by molar-refractivity contribution is 5.85. The highest BCUT2D eigenvalue weighted by atomic mass is 35.5. The van der Waals surface area contributed by atoms with Gasteiger partial charge in [-0.05, 0) is 24.1 Å². The zero-order valence-corrected chi connectivity index (χ0v) is 6.74. The van der Waals surface area contributed by atoms with Crippen LogP contribution in [0.5, 0.6) is 0 Å². The number of halogens is 1. The van der Waals surface area contributed by atoms with Crippen LogP contribution in [0.2, 0.25) is 0 Å². The maximum atomic E-state index is 5.43. The van der Waals surface area contributed by atoms with E-state index < -0.39 is 0 Å². The Balaban J connectivity index is 0.000000810. The molecule has 0 aliphatic rings. The summed E-state index contributed by atoms with van der Waals surface area (Å²) in [5, 5.41) is 0.